The molecule has 0 heterocycles. The number of carbonyl (C=O) groups excluding carboxylic acids is 3. The average Bonchev–Trinajstić information content (AvgIpc) is 3.34. The maximum Gasteiger partial charge on any atom is 0.306 e. The SMILES string of the molecule is CC/C=C\C/C=C\C/C=C\C/C=C\CCCCCCCCCCCCC(=O)OCC(COC(=O)CCCCCCC/C=C\CCCC)OC(=O)CCCCCCC/C=C\C/C=C\CCCCCC. The number of hydrogen-bond acceptors (Lipinski definition) is 6. The van der Waals surface area contributed by atoms with Crippen LogP contribution in [0.2, 0.25) is 0 Å². The Morgan fingerprint density at radius 1 is 0.309 bits per heavy atom. The summed E-state index contributed by atoms with van der Waals surface area (Å²) in [5.41, 5.74) is 0. The summed E-state index contributed by atoms with van der Waals surface area (Å²) >= 11 is 0. The van der Waals surface area contributed by atoms with Crippen LogP contribution in [0, 0.1) is 0 Å². The third-order valence-electron chi connectivity index (χ3n) is 12.1. The molecule has 0 rings (SSSR count). The van der Waals surface area contributed by atoms with Crippen molar-refractivity contribution in [3.8, 4) is 0 Å². The predicted molar refractivity (Wildman–Crippen MR) is 293 cm³/mol. The molecule has 0 aliphatic carbocycles. The highest BCUT2D eigenvalue weighted by Crippen LogP contribution is 2.15. The summed E-state index contributed by atoms with van der Waals surface area (Å²) in [6.07, 6.45) is 72.9. The monoisotopic (exact) mass is 947 g/mol. The van der Waals surface area contributed by atoms with Crippen molar-refractivity contribution in [2.24, 2.45) is 0 Å². The van der Waals surface area contributed by atoms with E-state index in [0.29, 0.717) is 19.3 Å². The van der Waals surface area contributed by atoms with Crippen LogP contribution in [0.3, 0.4) is 0 Å². The molecule has 0 aromatic heterocycles. The van der Waals surface area contributed by atoms with Crippen LogP contribution in [-0.4, -0.2) is 37.2 Å². The second-order valence-corrected chi connectivity index (χ2v) is 18.8. The first-order valence-corrected chi connectivity index (χ1v) is 28.6. The molecule has 0 saturated heterocycles. The molecule has 0 spiro atoms. The van der Waals surface area contributed by atoms with Gasteiger partial charge in [0.15, 0.2) is 6.10 Å². The highest BCUT2D eigenvalue weighted by atomic mass is 16.6. The van der Waals surface area contributed by atoms with E-state index < -0.39 is 6.10 Å². The molecule has 0 amide bonds. The fourth-order valence-electron chi connectivity index (χ4n) is 7.80. The second kappa shape index (κ2) is 56.2. The van der Waals surface area contributed by atoms with E-state index in [4.69, 9.17) is 14.2 Å². The molecule has 6 nitrogen and oxygen atoms in total. The fourth-order valence-corrected chi connectivity index (χ4v) is 7.80. The summed E-state index contributed by atoms with van der Waals surface area (Å²) in [4.78, 5) is 38.1. The maximum atomic E-state index is 12.8. The van der Waals surface area contributed by atoms with Gasteiger partial charge in [0, 0.05) is 19.3 Å². The van der Waals surface area contributed by atoms with E-state index in [9.17, 15) is 14.4 Å². The van der Waals surface area contributed by atoms with Gasteiger partial charge in [-0.05, 0) is 109 Å². The van der Waals surface area contributed by atoms with Gasteiger partial charge in [-0.3, -0.25) is 14.4 Å². The first-order valence-electron chi connectivity index (χ1n) is 28.6. The molecule has 0 aromatic carbocycles. The van der Waals surface area contributed by atoms with Gasteiger partial charge in [0.1, 0.15) is 13.2 Å². The van der Waals surface area contributed by atoms with Crippen LogP contribution in [0.25, 0.3) is 0 Å². The highest BCUT2D eigenvalue weighted by molar-refractivity contribution is 5.71. The molecule has 68 heavy (non-hydrogen) atoms. The summed E-state index contributed by atoms with van der Waals surface area (Å²) in [5, 5.41) is 0. The molecule has 0 radical (unpaired) electrons. The van der Waals surface area contributed by atoms with Gasteiger partial charge in [-0.2, -0.15) is 0 Å². The molecule has 0 saturated carbocycles. The first kappa shape index (κ1) is 64.6. The topological polar surface area (TPSA) is 78.9 Å². The molecule has 0 aliphatic heterocycles. The minimum absolute atomic E-state index is 0.0869. The Bertz CT molecular complexity index is 1320. The first-order chi connectivity index (χ1) is 33.5. The summed E-state index contributed by atoms with van der Waals surface area (Å²) in [6, 6.07) is 0. The van der Waals surface area contributed by atoms with E-state index in [1.54, 1.807) is 0 Å². The molecule has 0 N–H and O–H groups in total. The number of unbranched alkanes of at least 4 members (excludes halogenated alkanes) is 26. The van der Waals surface area contributed by atoms with Crippen molar-refractivity contribution < 1.29 is 28.6 Å². The van der Waals surface area contributed by atoms with Crippen molar-refractivity contribution in [3.05, 3.63) is 85.1 Å². The number of rotatable bonds is 51. The Morgan fingerprint density at radius 2 is 0.588 bits per heavy atom. The standard InChI is InChI=1S/C62H106O6/c1-4-7-10-13-16-19-22-24-26-28-29-30-31-32-33-34-36-37-40-43-46-49-52-55-61(64)67-58-59(57-66-60(63)54-51-48-45-42-39-21-18-15-12-9-6-3)68-62(65)56-53-50-47-44-41-38-35-27-25-23-20-17-14-11-8-5-2/h7,10,15-16,18-20,23-24,26-27,29-30,35,59H,4-6,8-9,11-14,17,21-22,25,28,31-34,36-58H2,1-3H3/b10-7-,18-15-,19-16-,23-20-,26-24-,30-29-,35-27-. The molecule has 0 bridgehead atoms. The quantitative estimate of drug-likeness (QED) is 0.0262. The van der Waals surface area contributed by atoms with Crippen molar-refractivity contribution in [1.82, 2.24) is 0 Å². The fraction of sp³-hybridized carbons (Fsp3) is 0.726. The molecule has 0 aromatic rings. The molecule has 390 valence electrons. The molecular formula is C62H106O6. The van der Waals surface area contributed by atoms with E-state index >= 15 is 0 Å². The Morgan fingerprint density at radius 3 is 0.956 bits per heavy atom. The van der Waals surface area contributed by atoms with Crippen LogP contribution in [0.4, 0.5) is 0 Å². The molecular weight excluding hydrogens is 841 g/mol. The summed E-state index contributed by atoms with van der Waals surface area (Å²) in [7, 11) is 0. The number of carbonyl (C=O) groups is 3. The van der Waals surface area contributed by atoms with Gasteiger partial charge in [-0.1, -0.05) is 228 Å². The zero-order chi connectivity index (χ0) is 49.3. The van der Waals surface area contributed by atoms with Gasteiger partial charge < -0.3 is 14.2 Å². The van der Waals surface area contributed by atoms with E-state index in [-0.39, 0.29) is 31.1 Å². The van der Waals surface area contributed by atoms with Gasteiger partial charge in [0.2, 0.25) is 0 Å². The highest BCUT2D eigenvalue weighted by Gasteiger charge is 2.19. The lowest BCUT2D eigenvalue weighted by Crippen LogP contribution is -2.30. The third-order valence-corrected chi connectivity index (χ3v) is 12.1. The van der Waals surface area contributed by atoms with Gasteiger partial charge in [-0.15, -0.1) is 0 Å². The Kier molecular flexibility index (Phi) is 53.4. The van der Waals surface area contributed by atoms with Crippen LogP contribution in [0.1, 0.15) is 271 Å². The summed E-state index contributed by atoms with van der Waals surface area (Å²) in [6.45, 7) is 6.46. The van der Waals surface area contributed by atoms with Crippen molar-refractivity contribution in [3.63, 3.8) is 0 Å². The average molecular weight is 948 g/mol. The van der Waals surface area contributed by atoms with Crippen LogP contribution in [-0.2, 0) is 28.6 Å². The normalized spacial score (nSPS) is 12.7. The molecule has 1 atom stereocenters. The van der Waals surface area contributed by atoms with Crippen molar-refractivity contribution >= 4 is 17.9 Å². The minimum atomic E-state index is -0.789. The number of ether oxygens (including phenoxy) is 3. The summed E-state index contributed by atoms with van der Waals surface area (Å²) < 4.78 is 16.8. The van der Waals surface area contributed by atoms with Gasteiger partial charge >= 0.3 is 17.9 Å². The van der Waals surface area contributed by atoms with E-state index in [1.807, 2.05) is 0 Å². The van der Waals surface area contributed by atoms with Crippen LogP contribution >= 0.6 is 0 Å². The Balaban J connectivity index is 4.33. The zero-order valence-electron chi connectivity index (χ0n) is 44.6. The molecule has 0 aliphatic rings. The van der Waals surface area contributed by atoms with E-state index in [2.05, 4.69) is 106 Å². The Labute approximate surface area is 420 Å². The van der Waals surface area contributed by atoms with Gasteiger partial charge in [-0.25, -0.2) is 0 Å². The zero-order valence-corrected chi connectivity index (χ0v) is 44.6. The van der Waals surface area contributed by atoms with Gasteiger partial charge in [0.05, 0.1) is 0 Å². The van der Waals surface area contributed by atoms with Crippen LogP contribution in [0.5, 0.6) is 0 Å². The van der Waals surface area contributed by atoms with E-state index in [1.165, 1.54) is 116 Å². The lowest BCUT2D eigenvalue weighted by molar-refractivity contribution is -0.167. The van der Waals surface area contributed by atoms with Crippen molar-refractivity contribution in [1.29, 1.82) is 0 Å². The third kappa shape index (κ3) is 53.5. The maximum absolute atomic E-state index is 12.8. The number of hydrogen-bond donors (Lipinski definition) is 0. The minimum Gasteiger partial charge on any atom is -0.462 e. The van der Waals surface area contributed by atoms with Crippen molar-refractivity contribution in [2.75, 3.05) is 13.2 Å². The predicted octanol–water partition coefficient (Wildman–Crippen LogP) is 19.2. The largest absolute Gasteiger partial charge is 0.462 e. The smallest absolute Gasteiger partial charge is 0.306 e. The summed E-state index contributed by atoms with van der Waals surface area (Å²) in [5.74, 6) is -0.910. The lowest BCUT2D eigenvalue weighted by Gasteiger charge is -2.18. The second-order valence-electron chi connectivity index (χ2n) is 18.8. The molecule has 0 fully saturated rings. The van der Waals surface area contributed by atoms with E-state index in [0.717, 1.165) is 116 Å². The van der Waals surface area contributed by atoms with Gasteiger partial charge in [0.25, 0.3) is 0 Å². The Hall–Kier alpha value is -3.41. The number of esters is 3. The number of allylic oxidation sites excluding steroid dienone is 14. The van der Waals surface area contributed by atoms with Crippen molar-refractivity contribution in [2.45, 2.75) is 277 Å². The van der Waals surface area contributed by atoms with Crippen LogP contribution in [0.15, 0.2) is 85.1 Å². The molecule has 6 heteroatoms. The lowest BCUT2D eigenvalue weighted by atomic mass is 10.1. The van der Waals surface area contributed by atoms with Crippen LogP contribution < -0.4 is 0 Å². The molecule has 1 unspecified atom stereocenters.